The highest BCUT2D eigenvalue weighted by Crippen LogP contribution is 2.26. The van der Waals surface area contributed by atoms with Gasteiger partial charge in [-0.25, -0.2) is 4.98 Å². The molecule has 1 aliphatic rings. The molecule has 0 unspecified atom stereocenters. The van der Waals surface area contributed by atoms with Gasteiger partial charge in [0.05, 0.1) is 12.1 Å². The van der Waals surface area contributed by atoms with Crippen LogP contribution < -0.4 is 0 Å². The summed E-state index contributed by atoms with van der Waals surface area (Å²) in [6.45, 7) is 8.39. The van der Waals surface area contributed by atoms with Gasteiger partial charge in [-0.2, -0.15) is 5.26 Å². The molecule has 1 amide bonds. The number of likely N-dealkylation sites (N-methyl/N-ethyl adjacent to an activating group) is 1. The van der Waals surface area contributed by atoms with Gasteiger partial charge in [-0.05, 0) is 20.4 Å². The Morgan fingerprint density at radius 2 is 2.35 bits per heavy atom. The van der Waals surface area contributed by atoms with Gasteiger partial charge in [0, 0.05) is 32.0 Å². The number of carbonyl (C=O) groups is 1. The Balaban J connectivity index is 2.17. The Morgan fingerprint density at radius 1 is 1.60 bits per heavy atom. The van der Waals surface area contributed by atoms with E-state index in [1.807, 2.05) is 0 Å². The number of hydrogen-bond donors (Lipinski definition) is 1. The SMILES string of the molecule is CCN1CCN(C(=O)C(C)(C)C#N)C[C@H]1c1ncc[nH]1. The Kier molecular flexibility index (Phi) is 4.09. The van der Waals surface area contributed by atoms with Crippen LogP contribution in [0.1, 0.15) is 32.6 Å². The predicted octanol–water partition coefficient (Wildman–Crippen LogP) is 1.16. The van der Waals surface area contributed by atoms with E-state index in [-0.39, 0.29) is 11.9 Å². The molecule has 1 fully saturated rings. The maximum absolute atomic E-state index is 12.4. The Labute approximate surface area is 119 Å². The number of piperazine rings is 1. The lowest BCUT2D eigenvalue weighted by Crippen LogP contribution is -2.53. The zero-order chi connectivity index (χ0) is 14.8. The van der Waals surface area contributed by atoms with Crippen LogP contribution in [0.5, 0.6) is 0 Å². The molecule has 0 saturated carbocycles. The lowest BCUT2D eigenvalue weighted by Gasteiger charge is -2.41. The van der Waals surface area contributed by atoms with Gasteiger partial charge in [-0.1, -0.05) is 6.92 Å². The molecule has 2 heterocycles. The van der Waals surface area contributed by atoms with Crippen LogP contribution in [0, 0.1) is 16.7 Å². The molecule has 1 N–H and O–H groups in total. The van der Waals surface area contributed by atoms with Crippen LogP contribution in [0.2, 0.25) is 0 Å². The summed E-state index contributed by atoms with van der Waals surface area (Å²) >= 11 is 0. The van der Waals surface area contributed by atoms with Gasteiger partial charge in [-0.3, -0.25) is 9.69 Å². The number of H-pyrrole nitrogens is 1. The predicted molar refractivity (Wildman–Crippen MR) is 74.5 cm³/mol. The molecule has 6 nitrogen and oxygen atoms in total. The molecule has 0 radical (unpaired) electrons. The number of nitrogens with zero attached hydrogens (tertiary/aromatic N) is 4. The highest BCUT2D eigenvalue weighted by Gasteiger charge is 2.37. The fourth-order valence-corrected chi connectivity index (χ4v) is 2.55. The summed E-state index contributed by atoms with van der Waals surface area (Å²) in [7, 11) is 0. The molecule has 6 heteroatoms. The van der Waals surface area contributed by atoms with Gasteiger partial charge in [0.2, 0.25) is 5.91 Å². The van der Waals surface area contributed by atoms with E-state index in [2.05, 4.69) is 27.9 Å². The van der Waals surface area contributed by atoms with E-state index >= 15 is 0 Å². The fraction of sp³-hybridized carbons (Fsp3) is 0.643. The van der Waals surface area contributed by atoms with E-state index < -0.39 is 5.41 Å². The second kappa shape index (κ2) is 5.63. The number of nitrogens with one attached hydrogen (secondary N) is 1. The number of hydrogen-bond acceptors (Lipinski definition) is 4. The van der Waals surface area contributed by atoms with E-state index in [0.717, 1.165) is 18.9 Å². The number of carbonyl (C=O) groups excluding carboxylic acids is 1. The van der Waals surface area contributed by atoms with Crippen molar-refractivity contribution in [2.24, 2.45) is 5.41 Å². The fourth-order valence-electron chi connectivity index (χ4n) is 2.55. The summed E-state index contributed by atoms with van der Waals surface area (Å²) in [6.07, 6.45) is 3.52. The molecule has 108 valence electrons. The molecule has 1 atom stereocenters. The van der Waals surface area contributed by atoms with Gasteiger partial charge in [0.1, 0.15) is 11.2 Å². The number of aromatic amines is 1. The van der Waals surface area contributed by atoms with Crippen LogP contribution in [-0.2, 0) is 4.79 Å². The zero-order valence-corrected chi connectivity index (χ0v) is 12.3. The topological polar surface area (TPSA) is 76.0 Å². The summed E-state index contributed by atoms with van der Waals surface area (Å²) in [6, 6.07) is 2.16. The van der Waals surface area contributed by atoms with Crippen molar-refractivity contribution in [3.63, 3.8) is 0 Å². The van der Waals surface area contributed by atoms with Gasteiger partial charge < -0.3 is 9.88 Å². The van der Waals surface area contributed by atoms with E-state index in [4.69, 9.17) is 5.26 Å². The molecular formula is C14H21N5O. The molecule has 0 spiro atoms. The third-order valence-corrected chi connectivity index (χ3v) is 3.83. The van der Waals surface area contributed by atoms with E-state index in [1.54, 1.807) is 31.1 Å². The molecule has 1 saturated heterocycles. The molecule has 2 rings (SSSR count). The number of nitriles is 1. The van der Waals surface area contributed by atoms with Crippen LogP contribution in [0.25, 0.3) is 0 Å². The molecular weight excluding hydrogens is 254 g/mol. The van der Waals surface area contributed by atoms with Crippen molar-refractivity contribution >= 4 is 5.91 Å². The van der Waals surface area contributed by atoms with Crippen LogP contribution in [0.15, 0.2) is 12.4 Å². The summed E-state index contributed by atoms with van der Waals surface area (Å²) in [5.74, 6) is 0.770. The second-order valence-electron chi connectivity index (χ2n) is 5.61. The van der Waals surface area contributed by atoms with E-state index in [1.165, 1.54) is 0 Å². The smallest absolute Gasteiger partial charge is 0.242 e. The Bertz CT molecular complexity index is 502. The minimum Gasteiger partial charge on any atom is -0.347 e. The standard InChI is InChI=1S/C14H21N5O/c1-4-18-7-8-19(13(20)14(2,3)10-15)9-11(18)12-16-5-6-17-12/h5-6,11H,4,7-9H2,1-3H3,(H,16,17)/t11-/m0/s1. The van der Waals surface area contributed by atoms with Crippen LogP contribution in [-0.4, -0.2) is 51.9 Å². The molecule has 1 aromatic heterocycles. The number of amides is 1. The van der Waals surface area contributed by atoms with Gasteiger partial charge in [0.25, 0.3) is 0 Å². The maximum atomic E-state index is 12.4. The first-order valence-corrected chi connectivity index (χ1v) is 6.93. The highest BCUT2D eigenvalue weighted by atomic mass is 16.2. The molecule has 1 aromatic rings. The zero-order valence-electron chi connectivity index (χ0n) is 12.3. The van der Waals surface area contributed by atoms with Crippen molar-refractivity contribution < 1.29 is 4.79 Å². The molecule has 0 aromatic carbocycles. The quantitative estimate of drug-likeness (QED) is 0.898. The minimum atomic E-state index is -0.970. The van der Waals surface area contributed by atoms with E-state index in [0.29, 0.717) is 13.1 Å². The number of aromatic nitrogens is 2. The van der Waals surface area contributed by atoms with Crippen molar-refractivity contribution in [2.45, 2.75) is 26.8 Å². The summed E-state index contributed by atoms with van der Waals surface area (Å²) < 4.78 is 0. The van der Waals surface area contributed by atoms with Crippen LogP contribution >= 0.6 is 0 Å². The van der Waals surface area contributed by atoms with Crippen LogP contribution in [0.4, 0.5) is 0 Å². The average molecular weight is 275 g/mol. The first-order chi connectivity index (χ1) is 9.49. The largest absolute Gasteiger partial charge is 0.347 e. The molecule has 0 bridgehead atoms. The second-order valence-corrected chi connectivity index (χ2v) is 5.61. The highest BCUT2D eigenvalue weighted by molar-refractivity contribution is 5.84. The lowest BCUT2D eigenvalue weighted by atomic mass is 9.93. The Hall–Kier alpha value is -1.87. The molecule has 0 aliphatic carbocycles. The summed E-state index contributed by atoms with van der Waals surface area (Å²) in [4.78, 5) is 23.9. The summed E-state index contributed by atoms with van der Waals surface area (Å²) in [5.41, 5.74) is -0.970. The molecule has 1 aliphatic heterocycles. The number of rotatable bonds is 3. The summed E-state index contributed by atoms with van der Waals surface area (Å²) in [5, 5.41) is 9.12. The van der Waals surface area contributed by atoms with Crippen LogP contribution in [0.3, 0.4) is 0 Å². The Morgan fingerprint density at radius 3 is 2.90 bits per heavy atom. The van der Waals surface area contributed by atoms with Gasteiger partial charge in [-0.15, -0.1) is 0 Å². The van der Waals surface area contributed by atoms with E-state index in [9.17, 15) is 4.79 Å². The average Bonchev–Trinajstić information content (AvgIpc) is 2.99. The minimum absolute atomic E-state index is 0.0715. The van der Waals surface area contributed by atoms with Crippen molar-refractivity contribution in [1.82, 2.24) is 19.8 Å². The third kappa shape index (κ3) is 2.68. The van der Waals surface area contributed by atoms with Crippen molar-refractivity contribution in [3.05, 3.63) is 18.2 Å². The molecule has 20 heavy (non-hydrogen) atoms. The van der Waals surface area contributed by atoms with Crippen molar-refractivity contribution in [2.75, 3.05) is 26.2 Å². The van der Waals surface area contributed by atoms with Crippen molar-refractivity contribution in [1.29, 1.82) is 5.26 Å². The maximum Gasteiger partial charge on any atom is 0.242 e. The first kappa shape index (κ1) is 14.5. The monoisotopic (exact) mass is 275 g/mol. The third-order valence-electron chi connectivity index (χ3n) is 3.83. The lowest BCUT2D eigenvalue weighted by molar-refractivity contribution is -0.140. The normalized spacial score (nSPS) is 20.7. The van der Waals surface area contributed by atoms with Crippen molar-refractivity contribution in [3.8, 4) is 6.07 Å². The first-order valence-electron chi connectivity index (χ1n) is 6.93. The van der Waals surface area contributed by atoms with Gasteiger partial charge >= 0.3 is 0 Å². The number of imidazole rings is 1. The van der Waals surface area contributed by atoms with Gasteiger partial charge in [0.15, 0.2) is 0 Å².